The Labute approximate surface area is 69.4 Å². The number of rotatable bonds is 3. The molecule has 0 aromatic rings. The Morgan fingerprint density at radius 1 is 1.09 bits per heavy atom. The van der Waals surface area contributed by atoms with Crippen LogP contribution in [0.1, 0.15) is 34.6 Å². The van der Waals surface area contributed by atoms with Crippen LogP contribution in [0.2, 0.25) is 0 Å². The summed E-state index contributed by atoms with van der Waals surface area (Å²) in [5.74, 6) is 0.709. The number of hydrogen-bond donors (Lipinski definition) is 1. The average Bonchev–Trinajstić information content (AvgIpc) is 1.84. The number of carbonyl (C=O) groups is 1. The van der Waals surface area contributed by atoms with Crippen LogP contribution in [0.25, 0.3) is 0 Å². The molecular formula is C9H19NO. The Morgan fingerprint density at radius 2 is 1.55 bits per heavy atom. The van der Waals surface area contributed by atoms with Gasteiger partial charge in [0.15, 0.2) is 0 Å². The standard InChI is InChI=1S/C9H19NO/c1-6(2)8(5)9(11)10-7(3)4/h6-8H,1-5H3,(H,10,11)/t8-/m1/s1. The van der Waals surface area contributed by atoms with Gasteiger partial charge < -0.3 is 5.32 Å². The van der Waals surface area contributed by atoms with E-state index in [2.05, 4.69) is 19.2 Å². The Balaban J connectivity index is 3.83. The molecule has 2 nitrogen and oxygen atoms in total. The van der Waals surface area contributed by atoms with Gasteiger partial charge in [-0.15, -0.1) is 0 Å². The summed E-state index contributed by atoms with van der Waals surface area (Å²) in [5.41, 5.74) is 0. The molecule has 0 unspecified atom stereocenters. The van der Waals surface area contributed by atoms with Crippen molar-refractivity contribution in [1.29, 1.82) is 0 Å². The smallest absolute Gasteiger partial charge is 0.223 e. The van der Waals surface area contributed by atoms with Gasteiger partial charge in [0, 0.05) is 12.0 Å². The van der Waals surface area contributed by atoms with Gasteiger partial charge in [-0.05, 0) is 19.8 Å². The fourth-order valence-electron chi connectivity index (χ4n) is 0.719. The van der Waals surface area contributed by atoms with Crippen LogP contribution in [0.4, 0.5) is 0 Å². The number of hydrogen-bond acceptors (Lipinski definition) is 1. The molecule has 0 aromatic carbocycles. The van der Waals surface area contributed by atoms with Crippen molar-refractivity contribution >= 4 is 5.91 Å². The first kappa shape index (κ1) is 10.5. The fourth-order valence-corrected chi connectivity index (χ4v) is 0.719. The van der Waals surface area contributed by atoms with Gasteiger partial charge >= 0.3 is 0 Å². The quantitative estimate of drug-likeness (QED) is 0.665. The topological polar surface area (TPSA) is 29.1 Å². The van der Waals surface area contributed by atoms with E-state index in [-0.39, 0.29) is 17.9 Å². The predicted molar refractivity (Wildman–Crippen MR) is 47.3 cm³/mol. The zero-order valence-corrected chi connectivity index (χ0v) is 8.14. The van der Waals surface area contributed by atoms with E-state index >= 15 is 0 Å². The van der Waals surface area contributed by atoms with E-state index < -0.39 is 0 Å². The summed E-state index contributed by atoms with van der Waals surface area (Å²) in [7, 11) is 0. The van der Waals surface area contributed by atoms with Crippen molar-refractivity contribution in [2.45, 2.75) is 40.7 Å². The highest BCUT2D eigenvalue weighted by Gasteiger charge is 2.16. The second kappa shape index (κ2) is 4.37. The van der Waals surface area contributed by atoms with Gasteiger partial charge in [-0.3, -0.25) is 4.79 Å². The molecule has 0 rings (SSSR count). The average molecular weight is 157 g/mol. The lowest BCUT2D eigenvalue weighted by Gasteiger charge is -2.16. The van der Waals surface area contributed by atoms with Crippen LogP contribution >= 0.6 is 0 Å². The van der Waals surface area contributed by atoms with Crippen molar-refractivity contribution in [1.82, 2.24) is 5.32 Å². The van der Waals surface area contributed by atoms with Crippen LogP contribution in [-0.4, -0.2) is 11.9 Å². The maximum absolute atomic E-state index is 11.3. The van der Waals surface area contributed by atoms with E-state index in [0.29, 0.717) is 5.92 Å². The van der Waals surface area contributed by atoms with Crippen molar-refractivity contribution in [2.24, 2.45) is 11.8 Å². The van der Waals surface area contributed by atoms with Crippen LogP contribution in [0.3, 0.4) is 0 Å². The van der Waals surface area contributed by atoms with Crippen LogP contribution < -0.4 is 5.32 Å². The van der Waals surface area contributed by atoms with Gasteiger partial charge in [0.25, 0.3) is 0 Å². The highest BCUT2D eigenvalue weighted by atomic mass is 16.1. The summed E-state index contributed by atoms with van der Waals surface area (Å²) in [6, 6.07) is 0.253. The number of nitrogens with one attached hydrogen (secondary N) is 1. The molecular weight excluding hydrogens is 138 g/mol. The molecule has 0 saturated carbocycles. The van der Waals surface area contributed by atoms with Crippen LogP contribution in [-0.2, 0) is 4.79 Å². The molecule has 0 radical (unpaired) electrons. The molecule has 0 fully saturated rings. The molecule has 0 bridgehead atoms. The minimum atomic E-state index is 0.123. The molecule has 0 spiro atoms. The minimum Gasteiger partial charge on any atom is -0.354 e. The van der Waals surface area contributed by atoms with E-state index in [0.717, 1.165) is 0 Å². The second-order valence-corrected chi connectivity index (χ2v) is 3.70. The molecule has 0 heterocycles. The summed E-state index contributed by atoms with van der Waals surface area (Å²) in [6.45, 7) is 10.0. The summed E-state index contributed by atoms with van der Waals surface area (Å²) in [5, 5.41) is 2.88. The Morgan fingerprint density at radius 3 is 1.82 bits per heavy atom. The van der Waals surface area contributed by atoms with Gasteiger partial charge in [0.2, 0.25) is 5.91 Å². The Kier molecular flexibility index (Phi) is 4.16. The van der Waals surface area contributed by atoms with Crippen LogP contribution in [0.15, 0.2) is 0 Å². The van der Waals surface area contributed by atoms with Crippen molar-refractivity contribution in [3.8, 4) is 0 Å². The molecule has 0 aliphatic carbocycles. The lowest BCUT2D eigenvalue weighted by atomic mass is 9.97. The van der Waals surface area contributed by atoms with Crippen molar-refractivity contribution in [3.63, 3.8) is 0 Å². The summed E-state index contributed by atoms with van der Waals surface area (Å²) in [4.78, 5) is 11.3. The van der Waals surface area contributed by atoms with Gasteiger partial charge in [-0.25, -0.2) is 0 Å². The molecule has 0 aliphatic rings. The molecule has 1 amide bonds. The fraction of sp³-hybridized carbons (Fsp3) is 0.889. The van der Waals surface area contributed by atoms with E-state index in [9.17, 15) is 4.79 Å². The van der Waals surface area contributed by atoms with Gasteiger partial charge in [0.05, 0.1) is 0 Å². The molecule has 1 N–H and O–H groups in total. The van der Waals surface area contributed by atoms with Crippen LogP contribution in [0.5, 0.6) is 0 Å². The van der Waals surface area contributed by atoms with E-state index in [1.807, 2.05) is 20.8 Å². The lowest BCUT2D eigenvalue weighted by Crippen LogP contribution is -2.36. The molecule has 2 heteroatoms. The predicted octanol–water partition coefficient (Wildman–Crippen LogP) is 1.80. The Hall–Kier alpha value is -0.530. The molecule has 0 saturated heterocycles. The second-order valence-electron chi connectivity index (χ2n) is 3.70. The first-order valence-electron chi connectivity index (χ1n) is 4.25. The molecule has 66 valence electrons. The Bertz CT molecular complexity index is 130. The first-order chi connectivity index (χ1) is 4.95. The van der Waals surface area contributed by atoms with Crippen molar-refractivity contribution < 1.29 is 4.79 Å². The molecule has 0 aromatic heterocycles. The largest absolute Gasteiger partial charge is 0.354 e. The summed E-state index contributed by atoms with van der Waals surface area (Å²) < 4.78 is 0. The summed E-state index contributed by atoms with van der Waals surface area (Å²) in [6.07, 6.45) is 0. The van der Waals surface area contributed by atoms with E-state index in [1.54, 1.807) is 0 Å². The third-order valence-electron chi connectivity index (χ3n) is 1.84. The van der Waals surface area contributed by atoms with Crippen LogP contribution in [0, 0.1) is 11.8 Å². The minimum absolute atomic E-state index is 0.123. The third-order valence-corrected chi connectivity index (χ3v) is 1.84. The van der Waals surface area contributed by atoms with Gasteiger partial charge in [-0.2, -0.15) is 0 Å². The molecule has 11 heavy (non-hydrogen) atoms. The van der Waals surface area contributed by atoms with Crippen molar-refractivity contribution in [3.05, 3.63) is 0 Å². The summed E-state index contributed by atoms with van der Waals surface area (Å²) >= 11 is 0. The van der Waals surface area contributed by atoms with E-state index in [4.69, 9.17) is 0 Å². The molecule has 1 atom stereocenters. The van der Waals surface area contributed by atoms with E-state index in [1.165, 1.54) is 0 Å². The zero-order valence-electron chi connectivity index (χ0n) is 8.14. The third kappa shape index (κ3) is 4.02. The van der Waals surface area contributed by atoms with Crippen molar-refractivity contribution in [2.75, 3.05) is 0 Å². The SMILES string of the molecule is CC(C)NC(=O)[C@H](C)C(C)C. The maximum atomic E-state index is 11.3. The normalized spacial score (nSPS) is 13.7. The number of amides is 1. The maximum Gasteiger partial charge on any atom is 0.223 e. The van der Waals surface area contributed by atoms with Gasteiger partial charge in [-0.1, -0.05) is 20.8 Å². The highest BCUT2D eigenvalue weighted by molar-refractivity contribution is 5.78. The molecule has 0 aliphatic heterocycles. The first-order valence-corrected chi connectivity index (χ1v) is 4.25. The monoisotopic (exact) mass is 157 g/mol. The highest BCUT2D eigenvalue weighted by Crippen LogP contribution is 2.09. The lowest BCUT2D eigenvalue weighted by molar-refractivity contribution is -0.126. The zero-order chi connectivity index (χ0) is 9.02. The number of carbonyl (C=O) groups excluding carboxylic acids is 1. The van der Waals surface area contributed by atoms with Gasteiger partial charge in [0.1, 0.15) is 0 Å².